The average molecular weight is 302 g/mol. The summed E-state index contributed by atoms with van der Waals surface area (Å²) in [6.07, 6.45) is 4.57. The first kappa shape index (κ1) is 14.9. The van der Waals surface area contributed by atoms with Crippen molar-refractivity contribution < 1.29 is 5.11 Å². The molecule has 0 saturated heterocycles. The zero-order chi connectivity index (χ0) is 15.9. The summed E-state index contributed by atoms with van der Waals surface area (Å²) in [6.45, 7) is 8.30. The van der Waals surface area contributed by atoms with Crippen molar-refractivity contribution in [2.45, 2.75) is 59.0 Å². The first-order valence-electron chi connectivity index (χ1n) is 7.76. The van der Waals surface area contributed by atoms with Gasteiger partial charge in [-0.05, 0) is 27.2 Å². The third kappa shape index (κ3) is 2.25. The predicted molar refractivity (Wildman–Crippen MR) is 87.0 cm³/mol. The lowest BCUT2D eigenvalue weighted by Gasteiger charge is -2.25. The molecule has 3 heterocycles. The summed E-state index contributed by atoms with van der Waals surface area (Å²) in [4.78, 5) is 19.4. The summed E-state index contributed by atoms with van der Waals surface area (Å²) in [6, 6.07) is 0.402. The third-order valence-electron chi connectivity index (χ3n) is 4.04. The van der Waals surface area contributed by atoms with Gasteiger partial charge < -0.3 is 14.6 Å². The van der Waals surface area contributed by atoms with E-state index >= 15 is 0 Å². The Morgan fingerprint density at radius 2 is 2.09 bits per heavy atom. The molecule has 2 unspecified atom stereocenters. The van der Waals surface area contributed by atoms with Crippen LogP contribution in [0.2, 0.25) is 0 Å². The molecule has 2 aliphatic rings. The fourth-order valence-electron chi connectivity index (χ4n) is 2.94. The Balaban J connectivity index is 2.04. The third-order valence-corrected chi connectivity index (χ3v) is 4.04. The Bertz CT molecular complexity index is 657. The molecule has 0 aromatic carbocycles. The summed E-state index contributed by atoms with van der Waals surface area (Å²) < 4.78 is 2.06. The van der Waals surface area contributed by atoms with Crippen LogP contribution in [0.4, 0.5) is 5.82 Å². The Hall–Kier alpha value is -2.02. The Kier molecular flexibility index (Phi) is 3.82. The smallest absolute Gasteiger partial charge is 0.227 e. The highest BCUT2D eigenvalue weighted by molar-refractivity contribution is 6.50. The first-order chi connectivity index (χ1) is 10.5. The van der Waals surface area contributed by atoms with Crippen LogP contribution in [0.3, 0.4) is 0 Å². The highest BCUT2D eigenvalue weighted by atomic mass is 16.3. The van der Waals surface area contributed by atoms with Gasteiger partial charge in [0.25, 0.3) is 0 Å². The van der Waals surface area contributed by atoms with Crippen molar-refractivity contribution in [1.82, 2.24) is 14.5 Å². The second kappa shape index (κ2) is 5.64. The van der Waals surface area contributed by atoms with Crippen molar-refractivity contribution in [3.05, 3.63) is 12.0 Å². The van der Waals surface area contributed by atoms with Gasteiger partial charge in [-0.2, -0.15) is 0 Å². The van der Waals surface area contributed by atoms with Gasteiger partial charge in [0.2, 0.25) is 6.35 Å². The van der Waals surface area contributed by atoms with Gasteiger partial charge in [0, 0.05) is 12.1 Å². The molecule has 1 aromatic rings. The van der Waals surface area contributed by atoms with E-state index in [1.807, 2.05) is 13.8 Å². The monoisotopic (exact) mass is 302 g/mol. The largest absolute Gasteiger partial charge is 0.355 e. The summed E-state index contributed by atoms with van der Waals surface area (Å²) >= 11 is 0. The number of hydrogen-bond acceptors (Lipinski definition) is 6. The molecule has 7 nitrogen and oxygen atoms in total. The van der Waals surface area contributed by atoms with Gasteiger partial charge in [0.15, 0.2) is 11.7 Å². The highest BCUT2D eigenvalue weighted by Gasteiger charge is 2.37. The van der Waals surface area contributed by atoms with Crippen LogP contribution in [0, 0.1) is 0 Å². The van der Waals surface area contributed by atoms with Gasteiger partial charge in [-0.25, -0.2) is 20.0 Å². The van der Waals surface area contributed by atoms with E-state index in [1.54, 1.807) is 11.2 Å². The van der Waals surface area contributed by atoms with Gasteiger partial charge >= 0.3 is 0 Å². The first-order valence-corrected chi connectivity index (χ1v) is 7.76. The van der Waals surface area contributed by atoms with Gasteiger partial charge in [-0.15, -0.1) is 0 Å². The molecule has 0 aliphatic carbocycles. The maximum absolute atomic E-state index is 10.2. The number of nitrogens with zero attached hydrogens (tertiary/aromatic N) is 6. The minimum absolute atomic E-state index is 0.0889. The maximum atomic E-state index is 10.2. The van der Waals surface area contributed by atoms with E-state index in [4.69, 9.17) is 0 Å². The lowest BCUT2D eigenvalue weighted by Crippen LogP contribution is -2.41. The number of aromatic nitrogens is 2. The second-order valence-electron chi connectivity index (χ2n) is 5.98. The molecule has 0 spiro atoms. The van der Waals surface area contributed by atoms with Crippen LogP contribution in [0.5, 0.6) is 0 Å². The fourth-order valence-corrected chi connectivity index (χ4v) is 2.94. The Morgan fingerprint density at radius 1 is 1.32 bits per heavy atom. The molecule has 2 atom stereocenters. The number of aliphatic imine (C=N–C) groups is 3. The zero-order valence-electron chi connectivity index (χ0n) is 13.4. The molecule has 0 amide bonds. The van der Waals surface area contributed by atoms with Crippen molar-refractivity contribution >= 4 is 23.7 Å². The molecule has 0 saturated carbocycles. The molecular formula is C15H22N6O. The van der Waals surface area contributed by atoms with Crippen molar-refractivity contribution in [1.29, 1.82) is 0 Å². The summed E-state index contributed by atoms with van der Waals surface area (Å²) in [5, 5.41) is 10.2. The molecule has 2 aliphatic heterocycles. The van der Waals surface area contributed by atoms with Crippen LogP contribution in [0.15, 0.2) is 21.3 Å². The number of imidazole rings is 1. The SMILES string of the molecule is CCCC(C)n1cnc2c1N=CN=C1C2=NC(O)N1C(C)C. The lowest BCUT2D eigenvalue weighted by atomic mass is 10.2. The number of rotatable bonds is 4. The molecule has 0 radical (unpaired) electrons. The molecule has 0 bridgehead atoms. The minimum atomic E-state index is -0.911. The fraction of sp³-hybridized carbons (Fsp3) is 0.600. The summed E-state index contributed by atoms with van der Waals surface area (Å²) in [5.41, 5.74) is 1.31. The van der Waals surface area contributed by atoms with Crippen molar-refractivity contribution in [3.63, 3.8) is 0 Å². The van der Waals surface area contributed by atoms with Gasteiger partial charge in [-0.1, -0.05) is 13.3 Å². The number of aliphatic hydroxyl groups excluding tert-OH is 1. The van der Waals surface area contributed by atoms with Crippen molar-refractivity contribution in [2.24, 2.45) is 15.0 Å². The standard InChI is InChI=1S/C15H22N6O/c1-5-6-10(4)20-8-18-11-12-14(17-7-16-13(11)20)21(9(2)3)15(22)19-12/h7-10,15,22H,5-6H2,1-4H3. The molecule has 1 N–H and O–H groups in total. The van der Waals surface area contributed by atoms with Crippen LogP contribution >= 0.6 is 0 Å². The van der Waals surface area contributed by atoms with Gasteiger partial charge in [0.05, 0.1) is 6.33 Å². The molecule has 3 rings (SSSR count). The van der Waals surface area contributed by atoms with E-state index in [-0.39, 0.29) is 6.04 Å². The van der Waals surface area contributed by atoms with E-state index in [0.717, 1.165) is 18.7 Å². The van der Waals surface area contributed by atoms with E-state index in [2.05, 4.69) is 38.4 Å². The maximum Gasteiger partial charge on any atom is 0.227 e. The van der Waals surface area contributed by atoms with E-state index in [9.17, 15) is 5.11 Å². The summed E-state index contributed by atoms with van der Waals surface area (Å²) in [7, 11) is 0. The van der Waals surface area contributed by atoms with E-state index in [1.165, 1.54) is 6.34 Å². The van der Waals surface area contributed by atoms with Crippen LogP contribution in [-0.4, -0.2) is 49.8 Å². The highest BCUT2D eigenvalue weighted by Crippen LogP contribution is 2.30. The number of fused-ring (bicyclic) bond motifs is 3. The molecule has 118 valence electrons. The van der Waals surface area contributed by atoms with Crippen LogP contribution in [0.25, 0.3) is 0 Å². The van der Waals surface area contributed by atoms with Crippen LogP contribution in [-0.2, 0) is 0 Å². The minimum Gasteiger partial charge on any atom is -0.355 e. The second-order valence-corrected chi connectivity index (χ2v) is 5.98. The van der Waals surface area contributed by atoms with Crippen molar-refractivity contribution in [3.8, 4) is 0 Å². The molecule has 7 heteroatoms. The quantitative estimate of drug-likeness (QED) is 0.925. The van der Waals surface area contributed by atoms with Crippen LogP contribution < -0.4 is 0 Å². The van der Waals surface area contributed by atoms with E-state index < -0.39 is 6.35 Å². The van der Waals surface area contributed by atoms with Crippen molar-refractivity contribution in [2.75, 3.05) is 0 Å². The number of hydrogen-bond donors (Lipinski definition) is 1. The molecular weight excluding hydrogens is 280 g/mol. The number of amidine groups is 1. The topological polar surface area (TPSA) is 78.4 Å². The van der Waals surface area contributed by atoms with E-state index in [0.29, 0.717) is 23.3 Å². The van der Waals surface area contributed by atoms with Gasteiger partial charge in [-0.3, -0.25) is 0 Å². The normalized spacial score (nSPS) is 21.4. The molecule has 22 heavy (non-hydrogen) atoms. The lowest BCUT2D eigenvalue weighted by molar-refractivity contribution is 0.0526. The number of aliphatic hydroxyl groups is 1. The zero-order valence-corrected chi connectivity index (χ0v) is 13.4. The van der Waals surface area contributed by atoms with Gasteiger partial charge in [0.1, 0.15) is 17.7 Å². The van der Waals surface area contributed by atoms with Crippen LogP contribution in [0.1, 0.15) is 52.3 Å². The Morgan fingerprint density at radius 3 is 2.77 bits per heavy atom. The average Bonchev–Trinajstić information content (AvgIpc) is 2.96. The molecule has 1 aromatic heterocycles. The predicted octanol–water partition coefficient (Wildman–Crippen LogP) is 2.11. The Labute approximate surface area is 130 Å². The summed E-state index contributed by atoms with van der Waals surface area (Å²) in [5.74, 6) is 1.40. The molecule has 0 fully saturated rings.